The number of nitrogens with one attached hydrogen (secondary N) is 1. The van der Waals surface area contributed by atoms with Crippen LogP contribution in [0.1, 0.15) is 22.4 Å². The number of aromatic nitrogens is 4. The average Bonchev–Trinajstić information content (AvgIpc) is 3.38. The van der Waals surface area contributed by atoms with Crippen LogP contribution in [0, 0.1) is 28.5 Å². The zero-order chi connectivity index (χ0) is 28.6. The lowest BCUT2D eigenvalue weighted by Gasteiger charge is -2.13. The third-order valence-electron chi connectivity index (χ3n) is 6.06. The van der Waals surface area contributed by atoms with Gasteiger partial charge in [0, 0.05) is 41.8 Å². The van der Waals surface area contributed by atoms with Gasteiger partial charge in [0.05, 0.1) is 36.1 Å². The maximum atomic E-state index is 14.4. The maximum Gasteiger partial charge on any atom is 0.151 e. The van der Waals surface area contributed by atoms with Crippen LogP contribution < -0.4 is 15.8 Å². The first kappa shape index (κ1) is 26.5. The molecule has 3 aromatic heterocycles. The number of pyridine rings is 2. The first-order valence-corrected chi connectivity index (χ1v) is 12.4. The summed E-state index contributed by atoms with van der Waals surface area (Å²) in [6, 6.07) is 21.3. The Hall–Kier alpha value is -6.07. The highest BCUT2D eigenvalue weighted by molar-refractivity contribution is 6.07. The Labute approximate surface area is 234 Å². The van der Waals surface area contributed by atoms with Gasteiger partial charge in [0.15, 0.2) is 5.84 Å². The summed E-state index contributed by atoms with van der Waals surface area (Å²) < 4.78 is 22.1. The van der Waals surface area contributed by atoms with Crippen molar-refractivity contribution in [3.63, 3.8) is 0 Å². The fraction of sp³-hybridized carbons (Fsp3) is 0.0667. The lowest BCUT2D eigenvalue weighted by atomic mass is 10.2. The number of benzene rings is 2. The summed E-state index contributed by atoms with van der Waals surface area (Å²) in [5.41, 5.74) is 9.21. The third kappa shape index (κ3) is 6.00. The third-order valence-corrected chi connectivity index (χ3v) is 6.06. The molecular formula is C30H22FN9O. The largest absolute Gasteiger partial charge is 0.457 e. The second-order valence-electron chi connectivity index (χ2n) is 8.70. The number of hydrogen-bond donors (Lipinski definition) is 2. The van der Waals surface area contributed by atoms with E-state index in [9.17, 15) is 14.9 Å². The lowest BCUT2D eigenvalue weighted by molar-refractivity contribution is 0.418. The molecule has 0 saturated heterocycles. The molecule has 2 aromatic carbocycles. The Morgan fingerprint density at radius 1 is 1.00 bits per heavy atom. The summed E-state index contributed by atoms with van der Waals surface area (Å²) >= 11 is 0. The quantitative estimate of drug-likeness (QED) is 0.157. The predicted octanol–water partition coefficient (Wildman–Crippen LogP) is 4.49. The van der Waals surface area contributed by atoms with E-state index in [2.05, 4.69) is 31.4 Å². The number of hydrogen-bond acceptors (Lipinski definition) is 8. The normalized spacial score (nSPS) is 11.6. The van der Waals surface area contributed by atoms with Gasteiger partial charge in [-0.25, -0.2) is 9.38 Å². The fourth-order valence-electron chi connectivity index (χ4n) is 4.05. The van der Waals surface area contributed by atoms with Crippen molar-refractivity contribution >= 4 is 22.4 Å². The van der Waals surface area contributed by atoms with Crippen LogP contribution in [0.25, 0.3) is 10.9 Å². The molecular weight excluding hydrogens is 521 g/mol. The molecule has 0 amide bonds. The number of fused-ring (bicyclic) bond motifs is 1. The smallest absolute Gasteiger partial charge is 0.151 e. The van der Waals surface area contributed by atoms with E-state index >= 15 is 0 Å². The van der Waals surface area contributed by atoms with Crippen molar-refractivity contribution in [2.45, 2.75) is 6.54 Å². The summed E-state index contributed by atoms with van der Waals surface area (Å²) in [4.78, 5) is 12.4. The molecule has 3 N–H and O–H groups in total. The van der Waals surface area contributed by atoms with E-state index in [4.69, 9.17) is 10.5 Å². The summed E-state index contributed by atoms with van der Waals surface area (Å²) in [6.07, 6.45) is 7.32. The molecule has 0 aliphatic rings. The van der Waals surface area contributed by atoms with Crippen LogP contribution in [0.3, 0.4) is 0 Å². The highest BCUT2D eigenvalue weighted by Crippen LogP contribution is 2.22. The number of nitriles is 2. The number of nitrogens with zero attached hydrogens (tertiary/aromatic N) is 7. The molecule has 0 unspecified atom stereocenters. The molecule has 0 radical (unpaired) electrons. The van der Waals surface area contributed by atoms with Gasteiger partial charge in [0.1, 0.15) is 40.7 Å². The van der Waals surface area contributed by atoms with Gasteiger partial charge in [-0.15, -0.1) is 0 Å². The summed E-state index contributed by atoms with van der Waals surface area (Å²) in [7, 11) is 0. The summed E-state index contributed by atoms with van der Waals surface area (Å²) in [5.74, 6) is 0.353. The van der Waals surface area contributed by atoms with Crippen LogP contribution in [0.5, 0.6) is 5.75 Å². The van der Waals surface area contributed by atoms with Crippen LogP contribution in [0.15, 0.2) is 102 Å². The minimum atomic E-state index is -0.325. The molecule has 10 nitrogen and oxygen atoms in total. The van der Waals surface area contributed by atoms with Gasteiger partial charge in [0.25, 0.3) is 0 Å². The molecule has 200 valence electrons. The second-order valence-corrected chi connectivity index (χ2v) is 8.70. The van der Waals surface area contributed by atoms with E-state index < -0.39 is 0 Å². The van der Waals surface area contributed by atoms with Gasteiger partial charge in [-0.3, -0.25) is 14.6 Å². The van der Waals surface area contributed by atoms with Crippen LogP contribution in [-0.2, 0) is 6.54 Å². The number of rotatable bonds is 9. The molecule has 0 spiro atoms. The number of amidine groups is 1. The van der Waals surface area contributed by atoms with E-state index in [0.29, 0.717) is 28.3 Å². The molecule has 0 aliphatic heterocycles. The van der Waals surface area contributed by atoms with Crippen molar-refractivity contribution in [3.05, 3.63) is 126 Å². The highest BCUT2D eigenvalue weighted by atomic mass is 19.1. The fourth-order valence-corrected chi connectivity index (χ4v) is 4.05. The van der Waals surface area contributed by atoms with E-state index in [0.717, 1.165) is 10.9 Å². The Balaban J connectivity index is 1.49. The molecule has 3 heterocycles. The monoisotopic (exact) mass is 543 g/mol. The molecule has 0 saturated carbocycles. The number of halogens is 1. The second kappa shape index (κ2) is 12.2. The van der Waals surface area contributed by atoms with E-state index in [-0.39, 0.29) is 36.1 Å². The molecule has 5 rings (SSSR count). The standard InChI is InChI=1S/C30H22FN9O/c31-25-7-3-1-5-20(25)19-40-27-8-4-2-6-24(27)29(39-40)30(34)38-18-23(41-28-10-12-36-16-22(28)14-33)17-37-26-9-11-35-15-21(26)13-32/h1-12,15-16,18H,17,19H2,(H2,34,38)(H,35,37)/b23-18+. The zero-order valence-electron chi connectivity index (χ0n) is 21.6. The van der Waals surface area contributed by atoms with Crippen molar-refractivity contribution in [2.24, 2.45) is 10.7 Å². The Kier molecular flexibility index (Phi) is 7.89. The molecule has 0 bridgehead atoms. The van der Waals surface area contributed by atoms with E-state index in [1.54, 1.807) is 41.2 Å². The molecule has 5 aromatic rings. The van der Waals surface area contributed by atoms with Gasteiger partial charge in [-0.05, 0) is 18.2 Å². The lowest BCUT2D eigenvalue weighted by Crippen LogP contribution is -2.16. The minimum Gasteiger partial charge on any atom is -0.457 e. The number of anilines is 1. The topological polar surface area (TPSA) is 151 Å². The summed E-state index contributed by atoms with van der Waals surface area (Å²) in [5, 5.41) is 27.4. The first-order valence-electron chi connectivity index (χ1n) is 12.4. The zero-order valence-corrected chi connectivity index (χ0v) is 21.6. The van der Waals surface area contributed by atoms with Gasteiger partial charge >= 0.3 is 0 Å². The molecule has 11 heteroatoms. The van der Waals surface area contributed by atoms with Gasteiger partial charge in [0.2, 0.25) is 0 Å². The van der Waals surface area contributed by atoms with Crippen LogP contribution in [-0.4, -0.2) is 32.1 Å². The molecule has 41 heavy (non-hydrogen) atoms. The number of aliphatic imine (C=N–C) groups is 1. The number of para-hydroxylation sites is 1. The van der Waals surface area contributed by atoms with E-state index in [1.165, 1.54) is 30.9 Å². The Bertz CT molecular complexity index is 1860. The highest BCUT2D eigenvalue weighted by Gasteiger charge is 2.15. The van der Waals surface area contributed by atoms with Gasteiger partial charge < -0.3 is 15.8 Å². The van der Waals surface area contributed by atoms with Crippen LogP contribution >= 0.6 is 0 Å². The van der Waals surface area contributed by atoms with Gasteiger partial charge in [-0.1, -0.05) is 36.4 Å². The van der Waals surface area contributed by atoms with Crippen molar-refractivity contribution in [1.82, 2.24) is 19.7 Å². The Morgan fingerprint density at radius 2 is 1.73 bits per heavy atom. The van der Waals surface area contributed by atoms with Gasteiger partial charge in [-0.2, -0.15) is 15.6 Å². The number of ether oxygens (including phenoxy) is 1. The van der Waals surface area contributed by atoms with Crippen molar-refractivity contribution in [1.29, 1.82) is 10.5 Å². The van der Waals surface area contributed by atoms with Crippen LogP contribution in [0.4, 0.5) is 10.1 Å². The number of nitrogens with two attached hydrogens (primary N) is 1. The van der Waals surface area contributed by atoms with Crippen LogP contribution in [0.2, 0.25) is 0 Å². The SMILES string of the molecule is N#Cc1cnccc1NC/C(=C\N=C(N)c1nn(Cc2ccccc2F)c2ccccc12)Oc1ccncc1C#N. The first-order chi connectivity index (χ1) is 20.1. The molecule has 0 aliphatic carbocycles. The minimum absolute atomic E-state index is 0.102. The van der Waals surface area contributed by atoms with Crippen molar-refractivity contribution in [3.8, 4) is 17.9 Å². The van der Waals surface area contributed by atoms with E-state index in [1.807, 2.05) is 30.3 Å². The molecule has 0 atom stereocenters. The predicted molar refractivity (Wildman–Crippen MR) is 151 cm³/mol. The maximum absolute atomic E-state index is 14.4. The van der Waals surface area contributed by atoms with Crippen molar-refractivity contribution in [2.75, 3.05) is 11.9 Å². The Morgan fingerprint density at radius 3 is 2.54 bits per heavy atom. The summed E-state index contributed by atoms with van der Waals surface area (Å²) in [6.45, 7) is 0.311. The van der Waals surface area contributed by atoms with Crippen molar-refractivity contribution < 1.29 is 9.13 Å². The molecule has 0 fully saturated rings. The average molecular weight is 544 g/mol.